The summed E-state index contributed by atoms with van der Waals surface area (Å²) < 4.78 is 0. The molecule has 0 amide bonds. The first kappa shape index (κ1) is 15.3. The Morgan fingerprint density at radius 2 is 1.76 bits per heavy atom. The van der Waals surface area contributed by atoms with E-state index in [-0.39, 0.29) is 0 Å². The van der Waals surface area contributed by atoms with Gasteiger partial charge < -0.3 is 9.80 Å². The molecule has 0 unspecified atom stereocenters. The average molecular weight is 261 g/mol. The van der Waals surface area contributed by atoms with Crippen LogP contribution in [-0.4, -0.2) is 54.9 Å². The SMILES string of the molecule is CCN1CCC(N(C)CCCCCCCl)CC1. The second-order valence-corrected chi connectivity index (χ2v) is 5.63. The van der Waals surface area contributed by atoms with E-state index >= 15 is 0 Å². The predicted octanol–water partition coefficient (Wildman–Crippen LogP) is 3.20. The lowest BCUT2D eigenvalue weighted by Gasteiger charge is -2.36. The van der Waals surface area contributed by atoms with Gasteiger partial charge in [-0.1, -0.05) is 19.8 Å². The lowest BCUT2D eigenvalue weighted by Crippen LogP contribution is -2.43. The molecule has 3 heteroatoms. The highest BCUT2D eigenvalue weighted by atomic mass is 35.5. The highest BCUT2D eigenvalue weighted by molar-refractivity contribution is 6.17. The molecule has 1 aliphatic rings. The molecule has 17 heavy (non-hydrogen) atoms. The number of hydrogen-bond acceptors (Lipinski definition) is 2. The summed E-state index contributed by atoms with van der Waals surface area (Å²) in [7, 11) is 2.30. The second-order valence-electron chi connectivity index (χ2n) is 5.25. The summed E-state index contributed by atoms with van der Waals surface area (Å²) in [5, 5.41) is 0. The lowest BCUT2D eigenvalue weighted by atomic mass is 10.0. The van der Waals surface area contributed by atoms with Crippen molar-refractivity contribution < 1.29 is 0 Å². The van der Waals surface area contributed by atoms with E-state index in [1.807, 2.05) is 0 Å². The van der Waals surface area contributed by atoms with Crippen molar-refractivity contribution >= 4 is 11.6 Å². The fourth-order valence-corrected chi connectivity index (χ4v) is 2.86. The summed E-state index contributed by atoms with van der Waals surface area (Å²) >= 11 is 5.68. The molecule has 102 valence electrons. The van der Waals surface area contributed by atoms with Crippen molar-refractivity contribution in [1.82, 2.24) is 9.80 Å². The Morgan fingerprint density at radius 3 is 2.35 bits per heavy atom. The van der Waals surface area contributed by atoms with Gasteiger partial charge in [0.15, 0.2) is 0 Å². The molecular formula is C14H29ClN2. The van der Waals surface area contributed by atoms with Crippen LogP contribution in [-0.2, 0) is 0 Å². The smallest absolute Gasteiger partial charge is 0.0223 e. The molecule has 0 atom stereocenters. The largest absolute Gasteiger partial charge is 0.303 e. The summed E-state index contributed by atoms with van der Waals surface area (Å²) in [5.41, 5.74) is 0. The van der Waals surface area contributed by atoms with Gasteiger partial charge in [-0.3, -0.25) is 0 Å². The number of alkyl halides is 1. The van der Waals surface area contributed by atoms with Crippen molar-refractivity contribution in [3.05, 3.63) is 0 Å². The number of unbranched alkanes of at least 4 members (excludes halogenated alkanes) is 3. The Morgan fingerprint density at radius 1 is 1.12 bits per heavy atom. The molecule has 0 aromatic carbocycles. The summed E-state index contributed by atoms with van der Waals surface area (Å²) in [6.45, 7) is 7.32. The van der Waals surface area contributed by atoms with Gasteiger partial charge >= 0.3 is 0 Å². The van der Waals surface area contributed by atoms with Crippen LogP contribution in [0.5, 0.6) is 0 Å². The third-order valence-corrected chi connectivity index (χ3v) is 4.29. The van der Waals surface area contributed by atoms with Gasteiger partial charge in [-0.25, -0.2) is 0 Å². The van der Waals surface area contributed by atoms with Gasteiger partial charge in [0, 0.05) is 11.9 Å². The van der Waals surface area contributed by atoms with Crippen LogP contribution in [0.3, 0.4) is 0 Å². The van der Waals surface area contributed by atoms with Crippen molar-refractivity contribution in [3.8, 4) is 0 Å². The average Bonchev–Trinajstić information content (AvgIpc) is 2.38. The first-order valence-corrected chi connectivity index (χ1v) is 7.80. The lowest BCUT2D eigenvalue weighted by molar-refractivity contribution is 0.130. The second kappa shape index (κ2) is 9.18. The Balaban J connectivity index is 2.05. The van der Waals surface area contributed by atoms with Gasteiger partial charge in [-0.05, 0) is 58.9 Å². The van der Waals surface area contributed by atoms with E-state index in [2.05, 4.69) is 23.8 Å². The zero-order chi connectivity index (χ0) is 12.5. The van der Waals surface area contributed by atoms with Gasteiger partial charge in [0.05, 0.1) is 0 Å². The topological polar surface area (TPSA) is 6.48 Å². The molecule has 1 heterocycles. The number of hydrogen-bond donors (Lipinski definition) is 0. The first-order valence-electron chi connectivity index (χ1n) is 7.26. The number of piperidine rings is 1. The maximum absolute atomic E-state index is 5.68. The monoisotopic (exact) mass is 260 g/mol. The molecule has 1 fully saturated rings. The van der Waals surface area contributed by atoms with Gasteiger partial charge in [-0.2, -0.15) is 0 Å². The Kier molecular flexibility index (Phi) is 8.25. The maximum Gasteiger partial charge on any atom is 0.0223 e. The molecule has 1 rings (SSSR count). The third kappa shape index (κ3) is 6.08. The molecular weight excluding hydrogens is 232 g/mol. The number of likely N-dealkylation sites (tertiary alicyclic amines) is 1. The van der Waals surface area contributed by atoms with Crippen LogP contribution in [0.15, 0.2) is 0 Å². The van der Waals surface area contributed by atoms with Crippen molar-refractivity contribution in [3.63, 3.8) is 0 Å². The molecule has 0 bridgehead atoms. The van der Waals surface area contributed by atoms with Crippen LogP contribution in [0.25, 0.3) is 0 Å². The molecule has 0 radical (unpaired) electrons. The predicted molar refractivity (Wildman–Crippen MR) is 77.0 cm³/mol. The van der Waals surface area contributed by atoms with Crippen LogP contribution in [0.1, 0.15) is 45.4 Å². The minimum absolute atomic E-state index is 0.825. The molecule has 2 nitrogen and oxygen atoms in total. The molecule has 0 saturated carbocycles. The summed E-state index contributed by atoms with van der Waals surface area (Å²) in [4.78, 5) is 5.14. The van der Waals surface area contributed by atoms with Crippen LogP contribution < -0.4 is 0 Å². The molecule has 1 saturated heterocycles. The molecule has 0 spiro atoms. The normalized spacial score (nSPS) is 19.1. The Bertz CT molecular complexity index is 179. The summed E-state index contributed by atoms with van der Waals surface area (Å²) in [5.74, 6) is 0.825. The van der Waals surface area contributed by atoms with E-state index in [4.69, 9.17) is 11.6 Å². The van der Waals surface area contributed by atoms with E-state index in [0.717, 1.165) is 11.9 Å². The summed E-state index contributed by atoms with van der Waals surface area (Å²) in [6, 6.07) is 0.825. The minimum Gasteiger partial charge on any atom is -0.303 e. The van der Waals surface area contributed by atoms with Crippen LogP contribution >= 0.6 is 11.6 Å². The van der Waals surface area contributed by atoms with Crippen LogP contribution in [0.4, 0.5) is 0 Å². The third-order valence-electron chi connectivity index (χ3n) is 4.02. The van der Waals surface area contributed by atoms with Gasteiger partial charge in [0.25, 0.3) is 0 Å². The number of rotatable bonds is 8. The molecule has 0 aromatic rings. The van der Waals surface area contributed by atoms with Crippen LogP contribution in [0.2, 0.25) is 0 Å². The van der Waals surface area contributed by atoms with Crippen LogP contribution in [0, 0.1) is 0 Å². The molecule has 0 aliphatic carbocycles. The fraction of sp³-hybridized carbons (Fsp3) is 1.00. The van der Waals surface area contributed by atoms with Gasteiger partial charge in [0.2, 0.25) is 0 Å². The zero-order valence-electron chi connectivity index (χ0n) is 11.6. The van der Waals surface area contributed by atoms with Crippen molar-refractivity contribution in [2.75, 3.05) is 39.1 Å². The zero-order valence-corrected chi connectivity index (χ0v) is 12.4. The van der Waals surface area contributed by atoms with Crippen molar-refractivity contribution in [2.24, 2.45) is 0 Å². The van der Waals surface area contributed by atoms with E-state index < -0.39 is 0 Å². The number of nitrogens with zero attached hydrogens (tertiary/aromatic N) is 2. The maximum atomic E-state index is 5.68. The Labute approximate surface area is 112 Å². The van der Waals surface area contributed by atoms with Crippen molar-refractivity contribution in [2.45, 2.75) is 51.5 Å². The van der Waals surface area contributed by atoms with Gasteiger partial charge in [-0.15, -0.1) is 11.6 Å². The summed E-state index contributed by atoms with van der Waals surface area (Å²) in [6.07, 6.45) is 7.86. The van der Waals surface area contributed by atoms with E-state index in [1.54, 1.807) is 0 Å². The standard InChI is InChI=1S/C14H29ClN2/c1-3-17-12-8-14(9-13-17)16(2)11-7-5-4-6-10-15/h14H,3-13H2,1-2H3. The number of halogens is 1. The fourth-order valence-electron chi connectivity index (χ4n) is 2.67. The quantitative estimate of drug-likeness (QED) is 0.489. The Hall–Kier alpha value is 0.210. The minimum atomic E-state index is 0.825. The van der Waals surface area contributed by atoms with E-state index in [1.165, 1.54) is 64.7 Å². The first-order chi connectivity index (χ1) is 8.27. The molecule has 0 aromatic heterocycles. The van der Waals surface area contributed by atoms with E-state index in [9.17, 15) is 0 Å². The van der Waals surface area contributed by atoms with Gasteiger partial charge in [0.1, 0.15) is 0 Å². The molecule has 0 N–H and O–H groups in total. The highest BCUT2D eigenvalue weighted by Gasteiger charge is 2.20. The van der Waals surface area contributed by atoms with E-state index in [0.29, 0.717) is 0 Å². The molecule has 1 aliphatic heterocycles. The van der Waals surface area contributed by atoms with Crippen molar-refractivity contribution in [1.29, 1.82) is 0 Å². The highest BCUT2D eigenvalue weighted by Crippen LogP contribution is 2.15.